The molecule has 2 N–H and O–H groups in total. The molecular formula is C21H15N5S. The Balaban J connectivity index is 1.46. The molecule has 0 fully saturated rings. The van der Waals surface area contributed by atoms with Crippen LogP contribution >= 0.6 is 11.3 Å². The maximum Gasteiger partial charge on any atom is 0.171 e. The number of nitrogens with one attached hydrogen (secondary N) is 2. The van der Waals surface area contributed by atoms with Crippen LogP contribution in [0.2, 0.25) is 0 Å². The van der Waals surface area contributed by atoms with E-state index in [1.165, 1.54) is 11.1 Å². The van der Waals surface area contributed by atoms with Crippen LogP contribution in [0.1, 0.15) is 0 Å². The second-order valence-corrected chi connectivity index (χ2v) is 7.20. The fourth-order valence-corrected chi connectivity index (χ4v) is 4.04. The molecule has 3 aromatic heterocycles. The van der Waals surface area contributed by atoms with Crippen LogP contribution in [-0.4, -0.2) is 20.2 Å². The third-order valence-corrected chi connectivity index (χ3v) is 5.44. The Morgan fingerprint density at radius 2 is 1.70 bits per heavy atom. The van der Waals surface area contributed by atoms with Gasteiger partial charge >= 0.3 is 0 Å². The van der Waals surface area contributed by atoms with E-state index in [0.29, 0.717) is 0 Å². The summed E-state index contributed by atoms with van der Waals surface area (Å²) in [7, 11) is 0. The van der Waals surface area contributed by atoms with Crippen molar-refractivity contribution in [3.8, 4) is 21.8 Å². The topological polar surface area (TPSA) is 66.5 Å². The maximum absolute atomic E-state index is 4.37. The van der Waals surface area contributed by atoms with Crippen molar-refractivity contribution in [3.05, 3.63) is 79.4 Å². The molecule has 27 heavy (non-hydrogen) atoms. The normalized spacial score (nSPS) is 11.0. The summed E-state index contributed by atoms with van der Waals surface area (Å²) in [6.07, 6.45) is 5.32. The van der Waals surface area contributed by atoms with E-state index in [0.717, 1.165) is 32.2 Å². The molecule has 2 aromatic carbocycles. The molecular weight excluding hydrogens is 354 g/mol. The lowest BCUT2D eigenvalue weighted by Crippen LogP contribution is -1.91. The second kappa shape index (κ2) is 6.66. The first kappa shape index (κ1) is 15.7. The summed E-state index contributed by atoms with van der Waals surface area (Å²) < 4.78 is 1.10. The molecule has 0 atom stereocenters. The summed E-state index contributed by atoms with van der Waals surface area (Å²) in [6, 6.07) is 20.9. The van der Waals surface area contributed by atoms with Crippen LogP contribution in [0.5, 0.6) is 0 Å². The van der Waals surface area contributed by atoms with Gasteiger partial charge in [-0.15, -0.1) is 21.5 Å². The van der Waals surface area contributed by atoms with Gasteiger partial charge in [0.05, 0.1) is 21.5 Å². The van der Waals surface area contributed by atoms with Crippen LogP contribution in [0.3, 0.4) is 0 Å². The van der Waals surface area contributed by atoms with E-state index >= 15 is 0 Å². The molecule has 0 aliphatic carbocycles. The summed E-state index contributed by atoms with van der Waals surface area (Å²) in [5.41, 5.74) is 4.40. The van der Waals surface area contributed by atoms with Crippen molar-refractivity contribution >= 4 is 32.8 Å². The molecule has 5 nitrogen and oxygen atoms in total. The van der Waals surface area contributed by atoms with Gasteiger partial charge in [-0.3, -0.25) is 4.98 Å². The number of rotatable bonds is 4. The van der Waals surface area contributed by atoms with E-state index in [4.69, 9.17) is 0 Å². The maximum atomic E-state index is 4.37. The van der Waals surface area contributed by atoms with Crippen LogP contribution in [0, 0.1) is 0 Å². The number of fused-ring (bicyclic) bond motifs is 1. The highest BCUT2D eigenvalue weighted by molar-refractivity contribution is 7.22. The van der Waals surface area contributed by atoms with Gasteiger partial charge < -0.3 is 10.3 Å². The van der Waals surface area contributed by atoms with Crippen LogP contribution < -0.4 is 5.32 Å². The number of thiophene rings is 1. The van der Waals surface area contributed by atoms with Crippen molar-refractivity contribution in [2.45, 2.75) is 0 Å². The lowest BCUT2D eigenvalue weighted by atomic mass is 10.1. The third kappa shape index (κ3) is 3.07. The number of H-pyrrole nitrogens is 1. The highest BCUT2D eigenvalue weighted by Gasteiger charge is 2.10. The van der Waals surface area contributed by atoms with E-state index in [9.17, 15) is 0 Å². The Morgan fingerprint density at radius 3 is 2.48 bits per heavy atom. The number of nitrogens with zero attached hydrogens (tertiary/aromatic N) is 3. The van der Waals surface area contributed by atoms with E-state index in [2.05, 4.69) is 80.1 Å². The number of hydrogen-bond donors (Lipinski definition) is 2. The van der Waals surface area contributed by atoms with Gasteiger partial charge in [0.2, 0.25) is 0 Å². The number of hydrogen-bond acceptors (Lipinski definition) is 5. The molecule has 0 amide bonds. The molecule has 0 spiro atoms. The minimum Gasteiger partial charge on any atom is -0.354 e. The summed E-state index contributed by atoms with van der Waals surface area (Å²) in [6.45, 7) is 0. The summed E-state index contributed by atoms with van der Waals surface area (Å²) in [5, 5.41) is 12.6. The number of aromatic amines is 1. The summed E-state index contributed by atoms with van der Waals surface area (Å²) in [4.78, 5) is 8.46. The Labute approximate surface area is 159 Å². The molecule has 0 unspecified atom stereocenters. The third-order valence-electron chi connectivity index (χ3n) is 4.37. The zero-order chi connectivity index (χ0) is 18.1. The van der Waals surface area contributed by atoms with Gasteiger partial charge in [-0.05, 0) is 29.3 Å². The fraction of sp³-hybridized carbons (Fsp3) is 0. The molecule has 0 bridgehead atoms. The predicted octanol–water partition coefficient (Wildman–Crippen LogP) is 5.49. The Bertz CT molecular complexity index is 1180. The minimum atomic E-state index is 0.773. The smallest absolute Gasteiger partial charge is 0.171 e. The van der Waals surface area contributed by atoms with Crippen LogP contribution in [0.25, 0.3) is 31.9 Å². The molecule has 0 saturated heterocycles. The number of pyridine rings is 1. The first-order valence-corrected chi connectivity index (χ1v) is 9.35. The molecule has 130 valence electrons. The standard InChI is InChI=1S/C21H15N5S/c1-2-4-14(5-3-1)15-6-8-16(9-7-15)25-18-11-22-12-20-17(18)10-19(27-20)21-23-13-24-26-21/h1-13,25H,(H,23,24,26). The largest absolute Gasteiger partial charge is 0.354 e. The van der Waals surface area contributed by atoms with Crippen LogP contribution in [0.15, 0.2) is 79.4 Å². The molecule has 5 rings (SSSR count). The fourth-order valence-electron chi connectivity index (χ4n) is 3.03. The van der Waals surface area contributed by atoms with E-state index in [-0.39, 0.29) is 0 Å². The quantitative estimate of drug-likeness (QED) is 0.439. The lowest BCUT2D eigenvalue weighted by Gasteiger charge is -2.08. The van der Waals surface area contributed by atoms with Gasteiger partial charge in [0.15, 0.2) is 5.82 Å². The van der Waals surface area contributed by atoms with Crippen molar-refractivity contribution in [2.24, 2.45) is 0 Å². The van der Waals surface area contributed by atoms with Crippen LogP contribution in [0.4, 0.5) is 11.4 Å². The average Bonchev–Trinajstić information content (AvgIpc) is 3.39. The van der Waals surface area contributed by atoms with Crippen molar-refractivity contribution in [1.29, 1.82) is 0 Å². The van der Waals surface area contributed by atoms with Gasteiger partial charge in [0.1, 0.15) is 6.33 Å². The molecule has 6 heteroatoms. The van der Waals surface area contributed by atoms with Crippen molar-refractivity contribution < 1.29 is 0 Å². The molecule has 0 aliphatic rings. The number of anilines is 2. The first-order valence-electron chi connectivity index (χ1n) is 8.53. The van der Waals surface area contributed by atoms with E-state index < -0.39 is 0 Å². The molecule has 0 saturated carbocycles. The number of benzene rings is 2. The lowest BCUT2D eigenvalue weighted by molar-refractivity contribution is 1.10. The van der Waals surface area contributed by atoms with Crippen LogP contribution in [-0.2, 0) is 0 Å². The van der Waals surface area contributed by atoms with Gasteiger partial charge in [-0.1, -0.05) is 42.5 Å². The zero-order valence-electron chi connectivity index (χ0n) is 14.3. The monoisotopic (exact) mass is 369 g/mol. The van der Waals surface area contributed by atoms with Gasteiger partial charge in [-0.2, -0.15) is 0 Å². The van der Waals surface area contributed by atoms with Gasteiger partial charge in [-0.25, -0.2) is 0 Å². The average molecular weight is 369 g/mol. The van der Waals surface area contributed by atoms with E-state index in [1.54, 1.807) is 17.7 Å². The first-order chi connectivity index (χ1) is 13.4. The molecule has 5 aromatic rings. The van der Waals surface area contributed by atoms with Crippen molar-refractivity contribution in [2.75, 3.05) is 5.32 Å². The summed E-state index contributed by atoms with van der Waals surface area (Å²) in [5.74, 6) is 0.773. The Kier molecular flexibility index (Phi) is 3.88. The Hall–Kier alpha value is -3.51. The van der Waals surface area contributed by atoms with Gasteiger partial charge in [0.25, 0.3) is 0 Å². The molecule has 0 aliphatic heterocycles. The van der Waals surface area contributed by atoms with Gasteiger partial charge in [0, 0.05) is 17.3 Å². The molecule has 0 radical (unpaired) electrons. The predicted molar refractivity (Wildman–Crippen MR) is 110 cm³/mol. The number of aromatic nitrogens is 4. The van der Waals surface area contributed by atoms with Crippen molar-refractivity contribution in [3.63, 3.8) is 0 Å². The second-order valence-electron chi connectivity index (χ2n) is 6.12. The minimum absolute atomic E-state index is 0.773. The van der Waals surface area contributed by atoms with Crippen molar-refractivity contribution in [1.82, 2.24) is 20.2 Å². The highest BCUT2D eigenvalue weighted by Crippen LogP contribution is 2.36. The summed E-state index contributed by atoms with van der Waals surface area (Å²) >= 11 is 1.64. The zero-order valence-corrected chi connectivity index (χ0v) is 15.1. The highest BCUT2D eigenvalue weighted by atomic mass is 32.1. The van der Waals surface area contributed by atoms with E-state index in [1.807, 2.05) is 18.5 Å². The Morgan fingerprint density at radius 1 is 0.889 bits per heavy atom. The SMILES string of the molecule is c1ccc(-c2ccc(Nc3cncc4sc(-c5nnc[nH]5)cc34)cc2)cc1. The molecule has 3 heterocycles.